The summed E-state index contributed by atoms with van der Waals surface area (Å²) in [5.74, 6) is 0. The molecule has 1 aromatic heterocycles. The van der Waals surface area contributed by atoms with Gasteiger partial charge in [-0.15, -0.1) is 0 Å². The van der Waals surface area contributed by atoms with E-state index in [2.05, 4.69) is 15.0 Å². The lowest BCUT2D eigenvalue weighted by Crippen LogP contribution is -2.47. The van der Waals surface area contributed by atoms with Crippen LogP contribution in [0.3, 0.4) is 0 Å². The third kappa shape index (κ3) is 3.14. The van der Waals surface area contributed by atoms with Crippen molar-refractivity contribution in [3.63, 3.8) is 0 Å². The Morgan fingerprint density at radius 2 is 2.35 bits per heavy atom. The number of nitrogens with one attached hydrogen (secondary N) is 1. The van der Waals surface area contributed by atoms with E-state index in [0.717, 1.165) is 10.6 Å². The normalized spacial score (nSPS) is 30.1. The van der Waals surface area contributed by atoms with Crippen molar-refractivity contribution in [1.29, 1.82) is 0 Å². The Kier molecular flexibility index (Phi) is 5.19. The first-order chi connectivity index (χ1) is 11.0. The molecule has 0 spiro atoms. The fourth-order valence-electron chi connectivity index (χ4n) is 2.62. The number of hydrogen-bond acceptors (Lipinski definition) is 7. The van der Waals surface area contributed by atoms with Crippen LogP contribution < -0.4 is 11.2 Å². The van der Waals surface area contributed by atoms with E-state index >= 15 is 0 Å². The average Bonchev–Trinajstić information content (AvgIpc) is 2.80. The standard InChI is InChI=1S/C12H17N5O6/c1-22-8-9(20)12(6-18,3-4-14-16-13)23-10(8)17-5-2-7(19)15-11(17)21/h2,5,8-10,18,20H,3-4,6H2,1H3,(H,15,19,21)/t8-,9?,10+,12+/m0/s1. The third-order valence-electron chi connectivity index (χ3n) is 3.85. The second kappa shape index (κ2) is 6.94. The van der Waals surface area contributed by atoms with Gasteiger partial charge in [-0.05, 0) is 12.0 Å². The minimum Gasteiger partial charge on any atom is -0.393 e. The number of methoxy groups -OCH3 is 1. The molecule has 1 unspecified atom stereocenters. The molecule has 0 aliphatic carbocycles. The molecule has 23 heavy (non-hydrogen) atoms. The van der Waals surface area contributed by atoms with Crippen LogP contribution in [0.1, 0.15) is 12.6 Å². The molecule has 11 nitrogen and oxygen atoms in total. The molecule has 0 saturated carbocycles. The highest BCUT2D eigenvalue weighted by molar-refractivity contribution is 5.03. The maximum atomic E-state index is 11.9. The fraction of sp³-hybridized carbons (Fsp3) is 0.667. The molecule has 0 aromatic carbocycles. The predicted octanol–water partition coefficient (Wildman–Crippen LogP) is -1.13. The summed E-state index contributed by atoms with van der Waals surface area (Å²) in [7, 11) is 1.32. The summed E-state index contributed by atoms with van der Waals surface area (Å²) < 4.78 is 12.0. The first-order valence-electron chi connectivity index (χ1n) is 6.81. The van der Waals surface area contributed by atoms with Gasteiger partial charge in [0.15, 0.2) is 6.23 Å². The first-order valence-corrected chi connectivity index (χ1v) is 6.81. The van der Waals surface area contributed by atoms with Crippen LogP contribution >= 0.6 is 0 Å². The Labute approximate surface area is 129 Å². The minimum absolute atomic E-state index is 0.0161. The number of aromatic amines is 1. The van der Waals surface area contributed by atoms with Crippen LogP contribution in [0.5, 0.6) is 0 Å². The maximum Gasteiger partial charge on any atom is 0.330 e. The molecule has 1 aromatic rings. The van der Waals surface area contributed by atoms with E-state index in [1.165, 1.54) is 13.3 Å². The maximum absolute atomic E-state index is 11.9. The zero-order valence-electron chi connectivity index (χ0n) is 12.3. The van der Waals surface area contributed by atoms with Crippen LogP contribution in [0.4, 0.5) is 0 Å². The van der Waals surface area contributed by atoms with Crippen molar-refractivity contribution < 1.29 is 19.7 Å². The summed E-state index contributed by atoms with van der Waals surface area (Å²) in [5, 5.41) is 23.5. The van der Waals surface area contributed by atoms with Crippen molar-refractivity contribution in [3.8, 4) is 0 Å². The van der Waals surface area contributed by atoms with Crippen LogP contribution in [0.15, 0.2) is 27.0 Å². The fourth-order valence-corrected chi connectivity index (χ4v) is 2.62. The second-order valence-corrected chi connectivity index (χ2v) is 5.10. The van der Waals surface area contributed by atoms with Gasteiger partial charge in [0.05, 0.1) is 6.61 Å². The monoisotopic (exact) mass is 327 g/mol. The Hall–Kier alpha value is -2.17. The number of hydrogen-bond donors (Lipinski definition) is 3. The van der Waals surface area contributed by atoms with Gasteiger partial charge < -0.3 is 19.7 Å². The zero-order valence-corrected chi connectivity index (χ0v) is 12.3. The van der Waals surface area contributed by atoms with Crippen molar-refractivity contribution in [2.45, 2.75) is 30.5 Å². The van der Waals surface area contributed by atoms with Gasteiger partial charge in [0, 0.05) is 30.8 Å². The Bertz CT molecular complexity index is 710. The summed E-state index contributed by atoms with van der Waals surface area (Å²) in [4.78, 5) is 27.8. The van der Waals surface area contributed by atoms with Gasteiger partial charge in [-0.2, -0.15) is 0 Å². The highest BCUT2D eigenvalue weighted by atomic mass is 16.6. The van der Waals surface area contributed by atoms with Gasteiger partial charge in [-0.1, -0.05) is 5.11 Å². The number of rotatable bonds is 6. The van der Waals surface area contributed by atoms with Gasteiger partial charge >= 0.3 is 5.69 Å². The van der Waals surface area contributed by atoms with Crippen LogP contribution in [0, 0.1) is 0 Å². The number of H-pyrrole nitrogens is 1. The number of aromatic nitrogens is 2. The lowest BCUT2D eigenvalue weighted by Gasteiger charge is -2.29. The Balaban J connectivity index is 2.39. The van der Waals surface area contributed by atoms with Crippen molar-refractivity contribution in [2.24, 2.45) is 5.11 Å². The average molecular weight is 327 g/mol. The topological polar surface area (TPSA) is 163 Å². The molecule has 11 heteroatoms. The molecule has 2 rings (SSSR count). The molecule has 0 bridgehead atoms. The van der Waals surface area contributed by atoms with E-state index in [0.29, 0.717) is 0 Å². The van der Waals surface area contributed by atoms with Gasteiger partial charge in [0.25, 0.3) is 5.56 Å². The summed E-state index contributed by atoms with van der Waals surface area (Å²) in [5.41, 5.74) is 5.58. The predicted molar refractivity (Wildman–Crippen MR) is 76.7 cm³/mol. The van der Waals surface area contributed by atoms with E-state index in [4.69, 9.17) is 15.0 Å². The van der Waals surface area contributed by atoms with E-state index in [1.807, 2.05) is 0 Å². The van der Waals surface area contributed by atoms with E-state index in [9.17, 15) is 19.8 Å². The highest BCUT2D eigenvalue weighted by Crippen LogP contribution is 2.40. The first kappa shape index (κ1) is 17.2. The third-order valence-corrected chi connectivity index (χ3v) is 3.85. The number of ether oxygens (including phenoxy) is 2. The minimum atomic E-state index is -1.45. The Morgan fingerprint density at radius 3 is 2.91 bits per heavy atom. The van der Waals surface area contributed by atoms with Gasteiger partial charge in [-0.3, -0.25) is 14.3 Å². The second-order valence-electron chi connectivity index (χ2n) is 5.10. The number of aliphatic hydroxyl groups excluding tert-OH is 2. The van der Waals surface area contributed by atoms with Crippen molar-refractivity contribution in [3.05, 3.63) is 43.5 Å². The summed E-state index contributed by atoms with van der Waals surface area (Å²) in [6, 6.07) is 1.13. The molecular weight excluding hydrogens is 310 g/mol. The van der Waals surface area contributed by atoms with Gasteiger partial charge in [-0.25, -0.2) is 4.79 Å². The quantitative estimate of drug-likeness (QED) is 0.340. The largest absolute Gasteiger partial charge is 0.393 e. The van der Waals surface area contributed by atoms with Crippen LogP contribution in [0.25, 0.3) is 10.4 Å². The smallest absolute Gasteiger partial charge is 0.330 e. The molecule has 0 amide bonds. The molecule has 3 N–H and O–H groups in total. The molecule has 126 valence electrons. The molecule has 1 saturated heterocycles. The van der Waals surface area contributed by atoms with Crippen molar-refractivity contribution in [1.82, 2.24) is 9.55 Å². The number of azide groups is 1. The molecular formula is C12H17N5O6. The molecule has 1 fully saturated rings. The lowest BCUT2D eigenvalue weighted by molar-refractivity contribution is -0.132. The summed E-state index contributed by atoms with van der Waals surface area (Å²) in [6.07, 6.45) is -2.04. The highest BCUT2D eigenvalue weighted by Gasteiger charge is 2.55. The molecule has 1 aliphatic rings. The molecule has 2 heterocycles. The van der Waals surface area contributed by atoms with Crippen LogP contribution in [-0.4, -0.2) is 57.8 Å². The van der Waals surface area contributed by atoms with Crippen LogP contribution in [-0.2, 0) is 9.47 Å². The molecule has 4 atom stereocenters. The van der Waals surface area contributed by atoms with Gasteiger partial charge in [0.1, 0.15) is 17.8 Å². The number of aliphatic hydroxyl groups is 2. The van der Waals surface area contributed by atoms with E-state index in [-0.39, 0.29) is 13.0 Å². The molecule has 1 aliphatic heterocycles. The molecule has 0 radical (unpaired) electrons. The lowest BCUT2D eigenvalue weighted by atomic mass is 9.92. The van der Waals surface area contributed by atoms with Gasteiger partial charge in [0.2, 0.25) is 0 Å². The summed E-state index contributed by atoms with van der Waals surface area (Å²) in [6.45, 7) is -0.582. The number of nitrogens with zero attached hydrogens (tertiary/aromatic N) is 4. The van der Waals surface area contributed by atoms with E-state index < -0.39 is 41.9 Å². The van der Waals surface area contributed by atoms with Crippen LogP contribution in [0.2, 0.25) is 0 Å². The Morgan fingerprint density at radius 1 is 1.61 bits per heavy atom. The zero-order chi connectivity index (χ0) is 17.0. The van der Waals surface area contributed by atoms with E-state index in [1.54, 1.807) is 0 Å². The van der Waals surface area contributed by atoms with Crippen molar-refractivity contribution >= 4 is 0 Å². The summed E-state index contributed by atoms with van der Waals surface area (Å²) >= 11 is 0. The van der Waals surface area contributed by atoms with Crippen molar-refractivity contribution in [2.75, 3.05) is 20.3 Å². The SMILES string of the molecule is CO[C@H]1C(O)[C@](CO)(CCN=[N+]=[N-])O[C@H]1n1ccc(=O)[nH]c1=O.